The fraction of sp³-hybridized carbons (Fsp3) is 0.320. The van der Waals surface area contributed by atoms with Gasteiger partial charge in [0.15, 0.2) is 0 Å². The molecule has 1 atom stereocenters. The first-order valence-corrected chi connectivity index (χ1v) is 11.1. The smallest absolute Gasteiger partial charge is 0.248 e. The van der Waals surface area contributed by atoms with Gasteiger partial charge < -0.3 is 15.4 Å². The minimum atomic E-state index is -0.494. The van der Waals surface area contributed by atoms with E-state index in [0.717, 1.165) is 28.3 Å². The molecular weight excluding hydrogens is 440 g/mol. The van der Waals surface area contributed by atoms with Crippen molar-refractivity contribution in [2.24, 2.45) is 0 Å². The lowest BCUT2D eigenvalue weighted by Gasteiger charge is -2.16. The van der Waals surface area contributed by atoms with Gasteiger partial charge in [0, 0.05) is 11.4 Å². The molecule has 174 valence electrons. The molecule has 3 rings (SSSR count). The van der Waals surface area contributed by atoms with Gasteiger partial charge in [0.25, 0.3) is 0 Å². The fourth-order valence-corrected chi connectivity index (χ4v) is 3.75. The summed E-state index contributed by atoms with van der Waals surface area (Å²) in [6.45, 7) is 9.82. The average Bonchev–Trinajstić information content (AvgIpc) is 3.08. The molecule has 0 saturated carbocycles. The molecule has 1 aromatic heterocycles. The third-order valence-electron chi connectivity index (χ3n) is 5.22. The zero-order valence-corrected chi connectivity index (χ0v) is 20.3. The van der Waals surface area contributed by atoms with Crippen LogP contribution >= 0.6 is 11.6 Å². The van der Waals surface area contributed by atoms with Gasteiger partial charge in [-0.2, -0.15) is 5.10 Å². The number of anilines is 2. The van der Waals surface area contributed by atoms with Crippen molar-refractivity contribution in [3.8, 4) is 5.75 Å². The monoisotopic (exact) mass is 468 g/mol. The van der Waals surface area contributed by atoms with Gasteiger partial charge in [0.2, 0.25) is 11.8 Å². The summed E-state index contributed by atoms with van der Waals surface area (Å²) >= 11 is 6.34. The van der Waals surface area contributed by atoms with Crippen LogP contribution in [0, 0.1) is 27.7 Å². The Bertz CT molecular complexity index is 1170. The number of aromatic nitrogens is 2. The minimum absolute atomic E-state index is 0.189. The Labute approximate surface area is 199 Å². The maximum absolute atomic E-state index is 12.7. The van der Waals surface area contributed by atoms with E-state index in [9.17, 15) is 9.59 Å². The lowest BCUT2D eigenvalue weighted by molar-refractivity contribution is -0.119. The van der Waals surface area contributed by atoms with Crippen molar-refractivity contribution in [1.82, 2.24) is 9.78 Å². The molecular formula is C25H29ClN4O3. The van der Waals surface area contributed by atoms with E-state index in [-0.39, 0.29) is 24.8 Å². The standard InChI is InChI=1S/C25H29ClN4O3/c1-15-6-9-23(16(2)12-15)33-11-10-24(31)27-20-7-8-22(21(26)14-20)28-25(32)19(5)30-18(4)13-17(3)29-30/h6-9,12-14,19H,10-11H2,1-5H3,(H,27,31)(H,28,32). The molecule has 0 fully saturated rings. The van der Waals surface area contributed by atoms with Crippen molar-refractivity contribution in [3.05, 3.63) is 70.0 Å². The van der Waals surface area contributed by atoms with Crippen LogP contribution in [0.4, 0.5) is 11.4 Å². The molecule has 0 aliphatic heterocycles. The zero-order chi connectivity index (χ0) is 24.1. The Balaban J connectivity index is 1.53. The van der Waals surface area contributed by atoms with Crippen LogP contribution in [-0.4, -0.2) is 28.2 Å². The molecule has 0 radical (unpaired) electrons. The number of amides is 2. The topological polar surface area (TPSA) is 85.3 Å². The molecule has 0 aliphatic rings. The quantitative estimate of drug-likeness (QED) is 0.465. The third kappa shape index (κ3) is 6.35. The summed E-state index contributed by atoms with van der Waals surface area (Å²) in [5.41, 5.74) is 4.96. The van der Waals surface area contributed by atoms with Gasteiger partial charge in [-0.1, -0.05) is 29.3 Å². The van der Waals surface area contributed by atoms with Crippen molar-refractivity contribution in [2.45, 2.75) is 47.1 Å². The fourth-order valence-electron chi connectivity index (χ4n) is 3.52. The number of aryl methyl sites for hydroxylation is 4. The predicted molar refractivity (Wildman–Crippen MR) is 131 cm³/mol. The Kier molecular flexibility index (Phi) is 7.76. The zero-order valence-electron chi connectivity index (χ0n) is 19.5. The second-order valence-corrected chi connectivity index (χ2v) is 8.55. The molecule has 0 aliphatic carbocycles. The number of nitrogens with one attached hydrogen (secondary N) is 2. The SMILES string of the molecule is Cc1ccc(OCCC(=O)Nc2ccc(NC(=O)C(C)n3nc(C)cc3C)c(Cl)c2)c(C)c1. The van der Waals surface area contributed by atoms with E-state index >= 15 is 0 Å². The number of ether oxygens (including phenoxy) is 1. The molecule has 33 heavy (non-hydrogen) atoms. The van der Waals surface area contributed by atoms with Gasteiger partial charge in [0.05, 0.1) is 29.4 Å². The van der Waals surface area contributed by atoms with E-state index in [2.05, 4.69) is 15.7 Å². The molecule has 2 N–H and O–H groups in total. The number of halogens is 1. The first-order valence-electron chi connectivity index (χ1n) is 10.8. The van der Waals surface area contributed by atoms with Gasteiger partial charge >= 0.3 is 0 Å². The molecule has 8 heteroatoms. The van der Waals surface area contributed by atoms with Gasteiger partial charge in [-0.05, 0) is 70.5 Å². The minimum Gasteiger partial charge on any atom is -0.493 e. The Morgan fingerprint density at radius 2 is 1.82 bits per heavy atom. The Morgan fingerprint density at radius 3 is 2.45 bits per heavy atom. The van der Waals surface area contributed by atoms with Crippen molar-refractivity contribution in [3.63, 3.8) is 0 Å². The summed E-state index contributed by atoms with van der Waals surface area (Å²) in [5, 5.41) is 10.3. The highest BCUT2D eigenvalue weighted by Gasteiger charge is 2.19. The molecule has 0 saturated heterocycles. The first kappa shape index (κ1) is 24.3. The van der Waals surface area contributed by atoms with Crippen molar-refractivity contribution >= 4 is 34.8 Å². The van der Waals surface area contributed by atoms with E-state index in [1.165, 1.54) is 0 Å². The van der Waals surface area contributed by atoms with Crippen LogP contribution in [0.2, 0.25) is 5.02 Å². The van der Waals surface area contributed by atoms with Gasteiger partial charge in [-0.25, -0.2) is 0 Å². The van der Waals surface area contributed by atoms with Crippen LogP contribution in [-0.2, 0) is 9.59 Å². The molecule has 3 aromatic rings. The van der Waals surface area contributed by atoms with E-state index in [1.807, 2.05) is 52.0 Å². The number of hydrogen-bond acceptors (Lipinski definition) is 4. The van der Waals surface area contributed by atoms with Gasteiger partial charge in [-0.3, -0.25) is 14.3 Å². The number of rotatable bonds is 8. The number of nitrogens with zero attached hydrogens (tertiary/aromatic N) is 2. The second-order valence-electron chi connectivity index (χ2n) is 8.15. The van der Waals surface area contributed by atoms with Crippen LogP contribution in [0.1, 0.15) is 41.9 Å². The average molecular weight is 469 g/mol. The first-order chi connectivity index (χ1) is 15.6. The number of carbonyl (C=O) groups is 2. The Hall–Kier alpha value is -3.32. The molecule has 0 spiro atoms. The van der Waals surface area contributed by atoms with E-state index < -0.39 is 6.04 Å². The summed E-state index contributed by atoms with van der Waals surface area (Å²) in [7, 11) is 0. The van der Waals surface area contributed by atoms with Crippen molar-refractivity contribution in [1.29, 1.82) is 0 Å². The summed E-state index contributed by atoms with van der Waals surface area (Å²) in [6, 6.07) is 12.3. The highest BCUT2D eigenvalue weighted by Crippen LogP contribution is 2.27. The molecule has 1 unspecified atom stereocenters. The number of carbonyl (C=O) groups excluding carboxylic acids is 2. The largest absolute Gasteiger partial charge is 0.493 e. The van der Waals surface area contributed by atoms with E-state index in [1.54, 1.807) is 29.8 Å². The summed E-state index contributed by atoms with van der Waals surface area (Å²) < 4.78 is 7.39. The van der Waals surface area contributed by atoms with E-state index in [4.69, 9.17) is 16.3 Å². The number of hydrogen-bond donors (Lipinski definition) is 2. The Morgan fingerprint density at radius 1 is 1.06 bits per heavy atom. The van der Waals surface area contributed by atoms with E-state index in [0.29, 0.717) is 16.4 Å². The number of benzene rings is 2. The maximum atomic E-state index is 12.7. The van der Waals surface area contributed by atoms with Gasteiger partial charge in [-0.15, -0.1) is 0 Å². The van der Waals surface area contributed by atoms with Crippen LogP contribution < -0.4 is 15.4 Å². The third-order valence-corrected chi connectivity index (χ3v) is 5.53. The molecule has 7 nitrogen and oxygen atoms in total. The highest BCUT2D eigenvalue weighted by atomic mass is 35.5. The summed E-state index contributed by atoms with van der Waals surface area (Å²) in [5.74, 6) is 0.348. The molecule has 2 aromatic carbocycles. The van der Waals surface area contributed by atoms with Crippen LogP contribution in [0.3, 0.4) is 0 Å². The maximum Gasteiger partial charge on any atom is 0.248 e. The van der Waals surface area contributed by atoms with Crippen LogP contribution in [0.15, 0.2) is 42.5 Å². The lowest BCUT2D eigenvalue weighted by atomic mass is 10.1. The predicted octanol–water partition coefficient (Wildman–Crippen LogP) is 5.38. The normalized spacial score (nSPS) is 11.7. The summed E-state index contributed by atoms with van der Waals surface area (Å²) in [6.07, 6.45) is 0.198. The highest BCUT2D eigenvalue weighted by molar-refractivity contribution is 6.34. The van der Waals surface area contributed by atoms with Crippen LogP contribution in [0.25, 0.3) is 0 Å². The van der Waals surface area contributed by atoms with Gasteiger partial charge in [0.1, 0.15) is 11.8 Å². The lowest BCUT2D eigenvalue weighted by Crippen LogP contribution is -2.25. The molecule has 2 amide bonds. The van der Waals surface area contributed by atoms with Crippen LogP contribution in [0.5, 0.6) is 5.75 Å². The van der Waals surface area contributed by atoms with Crippen molar-refractivity contribution in [2.75, 3.05) is 17.2 Å². The molecule has 0 bridgehead atoms. The van der Waals surface area contributed by atoms with Crippen molar-refractivity contribution < 1.29 is 14.3 Å². The summed E-state index contributed by atoms with van der Waals surface area (Å²) in [4.78, 5) is 24.9. The second kappa shape index (κ2) is 10.5. The molecule has 1 heterocycles.